The van der Waals surface area contributed by atoms with E-state index in [4.69, 9.17) is 14.3 Å². The van der Waals surface area contributed by atoms with Crippen LogP contribution in [0.3, 0.4) is 0 Å². The molecule has 19 heavy (non-hydrogen) atoms. The minimum Gasteiger partial charge on any atom is -0.450 e. The Hall–Kier alpha value is -1.25. The Balaban J connectivity index is 2.28. The van der Waals surface area contributed by atoms with Gasteiger partial charge in [0.2, 0.25) is 10.5 Å². The molecule has 3 nitrogen and oxygen atoms in total. The molecule has 0 amide bonds. The van der Waals surface area contributed by atoms with Crippen molar-refractivity contribution in [1.82, 2.24) is 0 Å². The van der Waals surface area contributed by atoms with Crippen LogP contribution in [0.1, 0.15) is 17.4 Å². The van der Waals surface area contributed by atoms with Gasteiger partial charge in [-0.25, -0.2) is 0 Å². The Kier molecular flexibility index (Phi) is 4.68. The first kappa shape index (κ1) is 14.2. The van der Waals surface area contributed by atoms with E-state index in [1.54, 1.807) is 12.1 Å². The molecule has 0 spiro atoms. The fraction of sp³-hybridized carbons (Fsp3) is 0.143. The van der Waals surface area contributed by atoms with E-state index < -0.39 is 15.3 Å². The van der Waals surface area contributed by atoms with Gasteiger partial charge in [-0.15, -0.1) is 0 Å². The Morgan fingerprint density at radius 1 is 0.947 bits per heavy atom. The Morgan fingerprint density at radius 3 is 1.84 bits per heavy atom. The average molecular weight is 286 g/mol. The Morgan fingerprint density at radius 2 is 1.42 bits per heavy atom. The van der Waals surface area contributed by atoms with Gasteiger partial charge in [-0.1, -0.05) is 54.1 Å². The molecule has 2 aromatic carbocycles. The SMILES string of the molecule is Cc1ccc([Si](O[Si])c2ccc(C(O)O)cc2)cc1. The maximum absolute atomic E-state index is 9.08. The number of benzene rings is 2. The number of hydrogen-bond acceptors (Lipinski definition) is 3. The third kappa shape index (κ3) is 3.40. The number of aryl methyl sites for hydroxylation is 1. The van der Waals surface area contributed by atoms with Crippen LogP contribution in [0, 0.1) is 6.92 Å². The fourth-order valence-electron chi connectivity index (χ4n) is 1.80. The third-order valence-corrected chi connectivity index (χ3v) is 5.42. The molecule has 2 N–H and O–H groups in total. The zero-order valence-electron chi connectivity index (χ0n) is 10.5. The van der Waals surface area contributed by atoms with Crippen LogP contribution in [0.2, 0.25) is 0 Å². The third-order valence-electron chi connectivity index (χ3n) is 2.89. The van der Waals surface area contributed by atoms with E-state index in [1.165, 1.54) is 5.56 Å². The van der Waals surface area contributed by atoms with E-state index in [-0.39, 0.29) is 0 Å². The second-order valence-electron chi connectivity index (χ2n) is 4.29. The molecule has 0 aliphatic heterocycles. The minimum atomic E-state index is -1.44. The molecule has 0 saturated carbocycles. The summed E-state index contributed by atoms with van der Waals surface area (Å²) in [7, 11) is 1.81. The molecule has 0 bridgehead atoms. The molecule has 0 fully saturated rings. The van der Waals surface area contributed by atoms with Crippen molar-refractivity contribution >= 4 is 29.9 Å². The van der Waals surface area contributed by atoms with Crippen LogP contribution in [-0.2, 0) is 4.12 Å². The summed E-state index contributed by atoms with van der Waals surface area (Å²) in [6, 6.07) is 15.3. The van der Waals surface area contributed by atoms with Gasteiger partial charge in [0.25, 0.3) is 9.04 Å². The molecule has 4 radical (unpaired) electrons. The highest BCUT2D eigenvalue weighted by molar-refractivity contribution is 6.81. The lowest BCUT2D eigenvalue weighted by Gasteiger charge is -2.14. The smallest absolute Gasteiger partial charge is 0.271 e. The molecule has 0 saturated heterocycles. The molecular formula is C14H14O3Si2. The lowest BCUT2D eigenvalue weighted by molar-refractivity contribution is -0.0424. The van der Waals surface area contributed by atoms with Crippen molar-refractivity contribution in [1.29, 1.82) is 0 Å². The fourth-order valence-corrected chi connectivity index (χ4v) is 4.01. The largest absolute Gasteiger partial charge is 0.450 e. The van der Waals surface area contributed by atoms with Crippen molar-refractivity contribution in [3.8, 4) is 0 Å². The van der Waals surface area contributed by atoms with Crippen molar-refractivity contribution < 1.29 is 14.3 Å². The number of hydrogen-bond donors (Lipinski definition) is 2. The Labute approximate surface area is 117 Å². The second kappa shape index (κ2) is 6.27. The lowest BCUT2D eigenvalue weighted by atomic mass is 10.2. The number of aliphatic hydroxyl groups is 2. The molecule has 96 valence electrons. The Bertz CT molecular complexity index is 523. The average Bonchev–Trinajstić information content (AvgIpc) is 2.42. The van der Waals surface area contributed by atoms with Gasteiger partial charge < -0.3 is 14.3 Å². The summed E-state index contributed by atoms with van der Waals surface area (Å²) in [5.74, 6) is 0. The second-order valence-corrected chi connectivity index (χ2v) is 6.92. The predicted molar refractivity (Wildman–Crippen MR) is 76.7 cm³/mol. The van der Waals surface area contributed by atoms with Gasteiger partial charge in [-0.2, -0.15) is 0 Å². The molecule has 0 unspecified atom stereocenters. The van der Waals surface area contributed by atoms with E-state index in [0.717, 1.165) is 10.4 Å². The zero-order chi connectivity index (χ0) is 13.8. The summed E-state index contributed by atoms with van der Waals surface area (Å²) in [4.78, 5) is 0. The van der Waals surface area contributed by atoms with E-state index in [9.17, 15) is 0 Å². The monoisotopic (exact) mass is 286 g/mol. The van der Waals surface area contributed by atoms with E-state index in [1.807, 2.05) is 19.1 Å². The standard InChI is InChI=1S/C14H14O3Si2/c1-10-2-6-12(7-3-10)19(17-18)13-8-4-11(5-9-13)14(15)16/h2-9,14-16H,1H3. The van der Waals surface area contributed by atoms with E-state index in [2.05, 4.69) is 34.8 Å². The maximum atomic E-state index is 9.08. The van der Waals surface area contributed by atoms with Crippen molar-refractivity contribution in [2.75, 3.05) is 0 Å². The van der Waals surface area contributed by atoms with Gasteiger partial charge in [-0.05, 0) is 17.3 Å². The normalized spacial score (nSPS) is 11.3. The first-order valence-corrected chi connectivity index (χ1v) is 7.67. The van der Waals surface area contributed by atoms with Gasteiger partial charge in [0, 0.05) is 5.56 Å². The molecule has 0 heterocycles. The molecular weight excluding hydrogens is 272 g/mol. The summed E-state index contributed by atoms with van der Waals surface area (Å²) in [5, 5.41) is 20.3. The highest BCUT2D eigenvalue weighted by Gasteiger charge is 2.17. The quantitative estimate of drug-likeness (QED) is 0.623. The summed E-state index contributed by atoms with van der Waals surface area (Å²) in [5.41, 5.74) is 1.68. The molecule has 0 aromatic heterocycles. The number of aliphatic hydroxyl groups excluding tert-OH is 1. The van der Waals surface area contributed by atoms with Gasteiger partial charge in [-0.3, -0.25) is 0 Å². The van der Waals surface area contributed by atoms with Crippen molar-refractivity contribution in [3.05, 3.63) is 59.7 Å². The van der Waals surface area contributed by atoms with Gasteiger partial charge in [0.15, 0.2) is 6.29 Å². The minimum absolute atomic E-state index is 0.475. The lowest BCUT2D eigenvalue weighted by Crippen LogP contribution is -2.44. The van der Waals surface area contributed by atoms with Crippen LogP contribution >= 0.6 is 0 Å². The predicted octanol–water partition coefficient (Wildman–Crippen LogP) is 0.184. The van der Waals surface area contributed by atoms with Crippen molar-refractivity contribution in [2.45, 2.75) is 13.2 Å². The van der Waals surface area contributed by atoms with Gasteiger partial charge in [0.05, 0.1) is 0 Å². The van der Waals surface area contributed by atoms with Crippen LogP contribution in [0.15, 0.2) is 48.5 Å². The molecule has 2 rings (SSSR count). The summed E-state index contributed by atoms with van der Waals surface area (Å²) < 4.78 is 5.45. The van der Waals surface area contributed by atoms with Crippen molar-refractivity contribution in [2.24, 2.45) is 0 Å². The van der Waals surface area contributed by atoms with Crippen LogP contribution in [0.5, 0.6) is 0 Å². The van der Waals surface area contributed by atoms with E-state index in [0.29, 0.717) is 5.56 Å². The topological polar surface area (TPSA) is 49.7 Å². The molecule has 0 aliphatic carbocycles. The van der Waals surface area contributed by atoms with Crippen LogP contribution in [0.4, 0.5) is 0 Å². The summed E-state index contributed by atoms with van der Waals surface area (Å²) in [6.07, 6.45) is -1.44. The summed E-state index contributed by atoms with van der Waals surface area (Å²) in [6.45, 7) is 2.04. The molecule has 2 aromatic rings. The molecule has 0 atom stereocenters. The first-order valence-electron chi connectivity index (χ1n) is 5.86. The summed E-state index contributed by atoms with van der Waals surface area (Å²) >= 11 is 0. The molecule has 5 heteroatoms. The number of rotatable bonds is 4. The maximum Gasteiger partial charge on any atom is 0.271 e. The van der Waals surface area contributed by atoms with Crippen LogP contribution in [-0.4, -0.2) is 29.7 Å². The van der Waals surface area contributed by atoms with E-state index >= 15 is 0 Å². The highest BCUT2D eigenvalue weighted by Crippen LogP contribution is 2.07. The van der Waals surface area contributed by atoms with Crippen LogP contribution in [0.25, 0.3) is 0 Å². The van der Waals surface area contributed by atoms with Gasteiger partial charge >= 0.3 is 0 Å². The highest BCUT2D eigenvalue weighted by atomic mass is 28.3. The molecule has 0 aliphatic rings. The first-order chi connectivity index (χ1) is 9.11. The van der Waals surface area contributed by atoms with Gasteiger partial charge in [0.1, 0.15) is 0 Å². The van der Waals surface area contributed by atoms with Crippen LogP contribution < -0.4 is 10.4 Å². The zero-order valence-corrected chi connectivity index (χ0v) is 12.5. The van der Waals surface area contributed by atoms with Crippen molar-refractivity contribution in [3.63, 3.8) is 0 Å².